The second-order valence-corrected chi connectivity index (χ2v) is 5.23. The Bertz CT molecular complexity index is 473. The first-order chi connectivity index (χ1) is 8.23. The quantitative estimate of drug-likeness (QED) is 0.854. The van der Waals surface area contributed by atoms with Gasteiger partial charge in [-0.1, -0.05) is 18.2 Å². The first kappa shape index (κ1) is 10.6. The van der Waals surface area contributed by atoms with E-state index in [9.17, 15) is 5.26 Å². The first-order valence-electron chi connectivity index (χ1n) is 6.26. The van der Waals surface area contributed by atoms with Crippen LogP contribution in [0, 0.1) is 17.2 Å². The van der Waals surface area contributed by atoms with Crippen molar-refractivity contribution in [3.05, 3.63) is 29.8 Å². The number of para-hydroxylation sites is 1. The van der Waals surface area contributed by atoms with Gasteiger partial charge in [0.1, 0.15) is 5.54 Å². The second kappa shape index (κ2) is 3.75. The smallest absolute Gasteiger partial charge is 0.124 e. The zero-order valence-electron chi connectivity index (χ0n) is 9.89. The van der Waals surface area contributed by atoms with Crippen LogP contribution < -0.4 is 10.6 Å². The summed E-state index contributed by atoms with van der Waals surface area (Å²) in [6.07, 6.45) is 3.29. The van der Waals surface area contributed by atoms with Crippen LogP contribution in [0.15, 0.2) is 24.3 Å². The first-order valence-corrected chi connectivity index (χ1v) is 6.26. The summed E-state index contributed by atoms with van der Waals surface area (Å²) in [7, 11) is 0. The fraction of sp³-hybridized carbons (Fsp3) is 0.500. The third kappa shape index (κ3) is 1.79. The third-order valence-corrected chi connectivity index (χ3v) is 3.95. The normalized spacial score (nSPS) is 21.8. The number of hydrogen-bond donors (Lipinski definition) is 1. The number of rotatable bonds is 3. The number of nitrogens with two attached hydrogens (primary N) is 1. The van der Waals surface area contributed by atoms with Crippen LogP contribution in [-0.2, 0) is 6.42 Å². The van der Waals surface area contributed by atoms with Gasteiger partial charge in [0.2, 0.25) is 0 Å². The van der Waals surface area contributed by atoms with E-state index in [4.69, 9.17) is 5.73 Å². The molecule has 2 aliphatic rings. The number of nitrogens with zero attached hydrogens (tertiary/aromatic N) is 2. The molecule has 3 nitrogen and oxygen atoms in total. The summed E-state index contributed by atoms with van der Waals surface area (Å²) in [6, 6.07) is 10.8. The van der Waals surface area contributed by atoms with Crippen molar-refractivity contribution in [1.29, 1.82) is 5.26 Å². The molecule has 1 atom stereocenters. The van der Waals surface area contributed by atoms with Crippen molar-refractivity contribution in [2.45, 2.75) is 24.8 Å². The standard InChI is InChI=1S/C14H17N3/c15-9-14(16,12-5-6-12)10-17-8-7-11-3-1-2-4-13(11)17/h1-4,12H,5-8,10,16H2. The summed E-state index contributed by atoms with van der Waals surface area (Å²) in [5.74, 6) is 0.403. The van der Waals surface area contributed by atoms with Gasteiger partial charge in [-0.15, -0.1) is 0 Å². The Hall–Kier alpha value is -1.53. The highest BCUT2D eigenvalue weighted by atomic mass is 15.2. The molecular formula is C14H17N3. The maximum atomic E-state index is 9.30. The molecule has 2 N–H and O–H groups in total. The number of hydrogen-bond acceptors (Lipinski definition) is 3. The Labute approximate surface area is 102 Å². The van der Waals surface area contributed by atoms with Crippen molar-refractivity contribution in [2.75, 3.05) is 18.0 Å². The van der Waals surface area contributed by atoms with Crippen molar-refractivity contribution < 1.29 is 0 Å². The van der Waals surface area contributed by atoms with Gasteiger partial charge in [-0.25, -0.2) is 0 Å². The number of nitriles is 1. The fourth-order valence-electron chi connectivity index (χ4n) is 2.74. The van der Waals surface area contributed by atoms with Crippen molar-refractivity contribution >= 4 is 5.69 Å². The molecule has 3 heteroatoms. The average Bonchev–Trinajstić information content (AvgIpc) is 3.14. The number of fused-ring (bicyclic) bond motifs is 1. The summed E-state index contributed by atoms with van der Waals surface area (Å²) >= 11 is 0. The molecule has 1 fully saturated rings. The summed E-state index contributed by atoms with van der Waals surface area (Å²) < 4.78 is 0. The van der Waals surface area contributed by atoms with Gasteiger partial charge in [0.15, 0.2) is 0 Å². The van der Waals surface area contributed by atoms with Crippen LogP contribution in [0.3, 0.4) is 0 Å². The number of anilines is 1. The van der Waals surface area contributed by atoms with E-state index in [0.717, 1.165) is 25.8 Å². The molecule has 3 rings (SSSR count). The van der Waals surface area contributed by atoms with Crippen LogP contribution in [0.2, 0.25) is 0 Å². The molecule has 0 aromatic heterocycles. The van der Waals surface area contributed by atoms with Crippen molar-refractivity contribution in [3.8, 4) is 6.07 Å². The highest BCUT2D eigenvalue weighted by Crippen LogP contribution is 2.40. The van der Waals surface area contributed by atoms with Gasteiger partial charge in [0.25, 0.3) is 0 Å². The topological polar surface area (TPSA) is 53.1 Å². The van der Waals surface area contributed by atoms with E-state index in [0.29, 0.717) is 12.5 Å². The van der Waals surface area contributed by atoms with Crippen LogP contribution in [0.4, 0.5) is 5.69 Å². The SMILES string of the molecule is N#CC(N)(CN1CCc2ccccc21)C1CC1. The summed E-state index contributed by atoms with van der Waals surface area (Å²) in [5.41, 5.74) is 8.22. The number of benzene rings is 1. The van der Waals surface area contributed by atoms with Crippen molar-refractivity contribution in [2.24, 2.45) is 11.7 Å². The highest BCUT2D eigenvalue weighted by Gasteiger charge is 2.44. The Morgan fingerprint density at radius 3 is 2.88 bits per heavy atom. The van der Waals surface area contributed by atoms with Gasteiger partial charge in [0.05, 0.1) is 6.07 Å². The predicted molar refractivity (Wildman–Crippen MR) is 67.6 cm³/mol. The van der Waals surface area contributed by atoms with Crippen LogP contribution in [0.1, 0.15) is 18.4 Å². The molecule has 0 amide bonds. The summed E-state index contributed by atoms with van der Waals surface area (Å²) in [5, 5.41) is 9.30. The minimum absolute atomic E-state index is 0.403. The van der Waals surface area contributed by atoms with E-state index in [1.54, 1.807) is 0 Å². The molecule has 0 saturated heterocycles. The molecule has 1 aromatic carbocycles. The molecule has 1 aliphatic carbocycles. The molecule has 88 valence electrons. The average molecular weight is 227 g/mol. The van der Waals surface area contributed by atoms with Gasteiger partial charge in [-0.2, -0.15) is 5.26 Å². The molecule has 0 bridgehead atoms. The van der Waals surface area contributed by atoms with Crippen LogP contribution in [0.5, 0.6) is 0 Å². The maximum Gasteiger partial charge on any atom is 0.124 e. The molecule has 0 radical (unpaired) electrons. The highest BCUT2D eigenvalue weighted by molar-refractivity contribution is 5.58. The lowest BCUT2D eigenvalue weighted by Crippen LogP contribution is -2.50. The Kier molecular flexibility index (Phi) is 2.34. The minimum atomic E-state index is -0.655. The fourth-order valence-corrected chi connectivity index (χ4v) is 2.74. The third-order valence-electron chi connectivity index (χ3n) is 3.95. The van der Waals surface area contributed by atoms with Crippen molar-refractivity contribution in [1.82, 2.24) is 0 Å². The molecule has 1 aromatic rings. The molecule has 17 heavy (non-hydrogen) atoms. The van der Waals surface area contributed by atoms with Gasteiger partial charge >= 0.3 is 0 Å². The van der Waals surface area contributed by atoms with E-state index in [1.807, 2.05) is 0 Å². The lowest BCUT2D eigenvalue weighted by molar-refractivity contribution is 0.471. The predicted octanol–water partition coefficient (Wildman–Crippen LogP) is 1.68. The van der Waals surface area contributed by atoms with Crippen LogP contribution >= 0.6 is 0 Å². The molecule has 1 saturated carbocycles. The zero-order chi connectivity index (χ0) is 11.9. The zero-order valence-corrected chi connectivity index (χ0v) is 9.89. The van der Waals surface area contributed by atoms with Crippen LogP contribution in [-0.4, -0.2) is 18.6 Å². The molecule has 1 heterocycles. The van der Waals surface area contributed by atoms with E-state index < -0.39 is 5.54 Å². The monoisotopic (exact) mass is 227 g/mol. The molecular weight excluding hydrogens is 210 g/mol. The van der Waals surface area contributed by atoms with Gasteiger partial charge < -0.3 is 10.6 Å². The van der Waals surface area contributed by atoms with E-state index in [1.165, 1.54) is 11.3 Å². The van der Waals surface area contributed by atoms with Gasteiger partial charge in [0, 0.05) is 18.8 Å². The molecule has 1 aliphatic heterocycles. The minimum Gasteiger partial charge on any atom is -0.368 e. The van der Waals surface area contributed by atoms with E-state index in [2.05, 4.69) is 35.2 Å². The molecule has 1 unspecified atom stereocenters. The van der Waals surface area contributed by atoms with Crippen molar-refractivity contribution in [3.63, 3.8) is 0 Å². The lowest BCUT2D eigenvalue weighted by Gasteiger charge is -2.29. The Morgan fingerprint density at radius 1 is 1.41 bits per heavy atom. The maximum absolute atomic E-state index is 9.30. The Balaban J connectivity index is 1.81. The Morgan fingerprint density at radius 2 is 2.18 bits per heavy atom. The van der Waals surface area contributed by atoms with E-state index in [-0.39, 0.29) is 0 Å². The van der Waals surface area contributed by atoms with E-state index >= 15 is 0 Å². The van der Waals surface area contributed by atoms with Crippen LogP contribution in [0.25, 0.3) is 0 Å². The largest absolute Gasteiger partial charge is 0.368 e. The summed E-state index contributed by atoms with van der Waals surface area (Å²) in [4.78, 5) is 2.27. The second-order valence-electron chi connectivity index (χ2n) is 5.23. The van der Waals surface area contributed by atoms with Gasteiger partial charge in [-0.3, -0.25) is 0 Å². The lowest BCUT2D eigenvalue weighted by atomic mass is 9.96. The van der Waals surface area contributed by atoms with Gasteiger partial charge in [-0.05, 0) is 36.8 Å². The summed E-state index contributed by atoms with van der Waals surface area (Å²) in [6.45, 7) is 1.66. The molecule has 0 spiro atoms.